The van der Waals surface area contributed by atoms with Crippen LogP contribution in [0.15, 0.2) is 53.4 Å². The van der Waals surface area contributed by atoms with Crippen LogP contribution in [0.5, 0.6) is 0 Å². The average molecular weight is 375 g/mol. The summed E-state index contributed by atoms with van der Waals surface area (Å²) in [6.07, 6.45) is 0. The van der Waals surface area contributed by atoms with E-state index < -0.39 is 15.9 Å². The summed E-state index contributed by atoms with van der Waals surface area (Å²) >= 11 is 0. The van der Waals surface area contributed by atoms with Crippen LogP contribution in [-0.4, -0.2) is 25.4 Å². The van der Waals surface area contributed by atoms with Crippen LogP contribution in [0.2, 0.25) is 0 Å². The number of rotatable bonds is 5. The zero-order valence-corrected chi connectivity index (χ0v) is 15.0. The molecule has 3 N–H and O–H groups in total. The summed E-state index contributed by atoms with van der Waals surface area (Å²) in [6, 6.07) is 11.4. The molecule has 0 aliphatic carbocycles. The second-order valence-corrected chi connectivity index (χ2v) is 7.88. The molecule has 1 amide bonds. The average Bonchev–Trinajstić information content (AvgIpc) is 2.97. The fourth-order valence-corrected chi connectivity index (χ4v) is 3.77. The van der Waals surface area contributed by atoms with E-state index in [-0.39, 0.29) is 22.4 Å². The molecule has 0 fully saturated rings. The summed E-state index contributed by atoms with van der Waals surface area (Å²) in [6.45, 7) is 3.47. The first-order valence-electron chi connectivity index (χ1n) is 7.96. The monoisotopic (exact) mass is 375 g/mol. The van der Waals surface area contributed by atoms with Crippen molar-refractivity contribution in [2.45, 2.75) is 24.8 Å². The number of amides is 1. The fourth-order valence-electron chi connectivity index (χ4n) is 2.52. The number of fused-ring (bicyclic) bond motifs is 1. The molecule has 0 aliphatic heterocycles. The van der Waals surface area contributed by atoms with Crippen molar-refractivity contribution in [3.8, 4) is 0 Å². The third kappa shape index (κ3) is 3.92. The number of sulfonamides is 1. The quantitative estimate of drug-likeness (QED) is 0.639. The molecule has 3 rings (SSSR count). The van der Waals surface area contributed by atoms with Crippen LogP contribution in [-0.2, 0) is 10.0 Å². The number of aromatic amines is 1. The topological polar surface area (TPSA) is 91.1 Å². The molecule has 0 bridgehead atoms. The molecule has 2 aromatic carbocycles. The molecule has 1 aromatic heterocycles. The SMILES string of the molecule is CC(C)NS(=O)(=O)c1ccc(NC(=O)c2cc3cc(F)ccc3[nH]2)cc1. The van der Waals surface area contributed by atoms with Crippen molar-refractivity contribution in [2.75, 3.05) is 5.32 Å². The van der Waals surface area contributed by atoms with Gasteiger partial charge >= 0.3 is 0 Å². The normalized spacial score (nSPS) is 11.8. The van der Waals surface area contributed by atoms with Crippen molar-refractivity contribution in [2.24, 2.45) is 0 Å². The maximum atomic E-state index is 13.2. The van der Waals surface area contributed by atoms with Crippen molar-refractivity contribution < 1.29 is 17.6 Å². The van der Waals surface area contributed by atoms with Gasteiger partial charge in [-0.15, -0.1) is 0 Å². The number of hydrogen-bond donors (Lipinski definition) is 3. The minimum atomic E-state index is -3.58. The predicted molar refractivity (Wildman–Crippen MR) is 98.1 cm³/mol. The maximum Gasteiger partial charge on any atom is 0.272 e. The lowest BCUT2D eigenvalue weighted by atomic mass is 10.2. The lowest BCUT2D eigenvalue weighted by Gasteiger charge is -2.10. The van der Waals surface area contributed by atoms with Crippen LogP contribution in [0.25, 0.3) is 10.9 Å². The van der Waals surface area contributed by atoms with Gasteiger partial charge < -0.3 is 10.3 Å². The summed E-state index contributed by atoms with van der Waals surface area (Å²) in [4.78, 5) is 15.4. The van der Waals surface area contributed by atoms with Gasteiger partial charge in [0.1, 0.15) is 11.5 Å². The molecule has 0 unspecified atom stereocenters. The smallest absolute Gasteiger partial charge is 0.272 e. The van der Waals surface area contributed by atoms with Gasteiger partial charge in [-0.05, 0) is 62.4 Å². The fraction of sp³-hybridized carbons (Fsp3) is 0.167. The first kappa shape index (κ1) is 18.1. The first-order chi connectivity index (χ1) is 12.2. The molecule has 1 heterocycles. The molecule has 0 radical (unpaired) electrons. The van der Waals surface area contributed by atoms with Crippen molar-refractivity contribution in [1.29, 1.82) is 0 Å². The molecule has 136 valence electrons. The van der Waals surface area contributed by atoms with E-state index in [4.69, 9.17) is 0 Å². The Morgan fingerprint density at radius 1 is 1.08 bits per heavy atom. The third-order valence-corrected chi connectivity index (χ3v) is 5.32. The zero-order valence-electron chi connectivity index (χ0n) is 14.2. The van der Waals surface area contributed by atoms with E-state index in [2.05, 4.69) is 15.0 Å². The summed E-state index contributed by atoms with van der Waals surface area (Å²) in [5.74, 6) is -0.784. The van der Waals surface area contributed by atoms with Crippen LogP contribution in [0.1, 0.15) is 24.3 Å². The van der Waals surface area contributed by atoms with Gasteiger partial charge in [0.05, 0.1) is 4.90 Å². The summed E-state index contributed by atoms with van der Waals surface area (Å²) in [5.41, 5.74) is 1.38. The molecule has 0 saturated heterocycles. The van der Waals surface area contributed by atoms with Gasteiger partial charge in [0.25, 0.3) is 5.91 Å². The highest BCUT2D eigenvalue weighted by atomic mass is 32.2. The number of nitrogens with one attached hydrogen (secondary N) is 3. The van der Waals surface area contributed by atoms with Gasteiger partial charge in [0.2, 0.25) is 10.0 Å². The molecule has 6 nitrogen and oxygen atoms in total. The molecule has 0 saturated carbocycles. The van der Waals surface area contributed by atoms with E-state index in [0.29, 0.717) is 16.6 Å². The number of hydrogen-bond acceptors (Lipinski definition) is 3. The second-order valence-electron chi connectivity index (χ2n) is 6.17. The highest BCUT2D eigenvalue weighted by Gasteiger charge is 2.16. The Morgan fingerprint density at radius 3 is 2.42 bits per heavy atom. The summed E-state index contributed by atoms with van der Waals surface area (Å²) in [7, 11) is -3.58. The third-order valence-electron chi connectivity index (χ3n) is 3.64. The van der Waals surface area contributed by atoms with Gasteiger partial charge in [-0.3, -0.25) is 4.79 Å². The van der Waals surface area contributed by atoms with Crippen molar-refractivity contribution in [3.63, 3.8) is 0 Å². The predicted octanol–water partition coefficient (Wildman–Crippen LogP) is 3.25. The zero-order chi connectivity index (χ0) is 18.9. The van der Waals surface area contributed by atoms with Gasteiger partial charge in [0.15, 0.2) is 0 Å². The lowest BCUT2D eigenvalue weighted by molar-refractivity contribution is 0.102. The molecular weight excluding hydrogens is 357 g/mol. The lowest BCUT2D eigenvalue weighted by Crippen LogP contribution is -2.30. The molecule has 3 aromatic rings. The molecule has 0 aliphatic rings. The Morgan fingerprint density at radius 2 is 1.77 bits per heavy atom. The molecular formula is C18H18FN3O3S. The van der Waals surface area contributed by atoms with Crippen molar-refractivity contribution in [1.82, 2.24) is 9.71 Å². The van der Waals surface area contributed by atoms with Crippen molar-refractivity contribution in [3.05, 3.63) is 60.0 Å². The highest BCUT2D eigenvalue weighted by molar-refractivity contribution is 7.89. The van der Waals surface area contributed by atoms with Gasteiger partial charge in [0, 0.05) is 22.6 Å². The largest absolute Gasteiger partial charge is 0.351 e. The number of aromatic nitrogens is 1. The minimum Gasteiger partial charge on any atom is -0.351 e. The van der Waals surface area contributed by atoms with E-state index in [1.165, 1.54) is 36.4 Å². The van der Waals surface area contributed by atoms with Gasteiger partial charge in [-0.1, -0.05) is 0 Å². The van der Waals surface area contributed by atoms with E-state index in [1.807, 2.05) is 0 Å². The van der Waals surface area contributed by atoms with Gasteiger partial charge in [-0.2, -0.15) is 0 Å². The summed E-state index contributed by atoms with van der Waals surface area (Å²) < 4.78 is 39.9. The van der Waals surface area contributed by atoms with E-state index in [9.17, 15) is 17.6 Å². The van der Waals surface area contributed by atoms with E-state index >= 15 is 0 Å². The molecule has 0 atom stereocenters. The van der Waals surface area contributed by atoms with Crippen molar-refractivity contribution >= 4 is 32.5 Å². The second kappa shape index (κ2) is 6.89. The van der Waals surface area contributed by atoms with Crippen LogP contribution >= 0.6 is 0 Å². The summed E-state index contributed by atoms with van der Waals surface area (Å²) in [5, 5.41) is 3.27. The Bertz CT molecular complexity index is 1060. The molecule has 26 heavy (non-hydrogen) atoms. The Balaban J connectivity index is 1.76. The van der Waals surface area contributed by atoms with Crippen LogP contribution in [0.4, 0.5) is 10.1 Å². The standard InChI is InChI=1S/C18H18FN3O3S/c1-11(2)22-26(24,25)15-6-4-14(5-7-15)20-18(23)17-10-12-9-13(19)3-8-16(12)21-17/h3-11,21-22H,1-2H3,(H,20,23). The molecule has 8 heteroatoms. The number of anilines is 1. The number of carbonyl (C=O) groups is 1. The Labute approximate surface area is 150 Å². The van der Waals surface area contributed by atoms with Crippen LogP contribution < -0.4 is 10.0 Å². The van der Waals surface area contributed by atoms with Crippen LogP contribution in [0.3, 0.4) is 0 Å². The first-order valence-corrected chi connectivity index (χ1v) is 9.45. The van der Waals surface area contributed by atoms with Crippen LogP contribution in [0, 0.1) is 5.82 Å². The number of benzene rings is 2. The van der Waals surface area contributed by atoms with Gasteiger partial charge in [-0.25, -0.2) is 17.5 Å². The van der Waals surface area contributed by atoms with E-state index in [0.717, 1.165) is 0 Å². The number of carbonyl (C=O) groups excluding carboxylic acids is 1. The van der Waals surface area contributed by atoms with E-state index in [1.54, 1.807) is 26.0 Å². The molecule has 0 spiro atoms. The minimum absolute atomic E-state index is 0.116. The highest BCUT2D eigenvalue weighted by Crippen LogP contribution is 2.19. The number of halogens is 1. The number of H-pyrrole nitrogens is 1. The Hall–Kier alpha value is -2.71. The maximum absolute atomic E-state index is 13.2. The Kier molecular flexibility index (Phi) is 4.80.